The van der Waals surface area contributed by atoms with Crippen molar-refractivity contribution in [1.29, 1.82) is 0 Å². The molecule has 0 unspecified atom stereocenters. The molecule has 0 heterocycles. The van der Waals surface area contributed by atoms with Crippen LogP contribution in [0.3, 0.4) is 0 Å². The monoisotopic (exact) mass is 243 g/mol. The molecule has 1 nitrogen and oxygen atoms in total. The predicted octanol–water partition coefficient (Wildman–Crippen LogP) is 3.83. The summed E-state index contributed by atoms with van der Waals surface area (Å²) in [5, 5.41) is 3.13. The average Bonchev–Trinajstić information content (AvgIpc) is 2.35. The van der Waals surface area contributed by atoms with Gasteiger partial charge in [0.25, 0.3) is 0 Å². The van der Waals surface area contributed by atoms with Gasteiger partial charge in [-0.25, -0.2) is 4.39 Å². The zero-order chi connectivity index (χ0) is 13.1. The van der Waals surface area contributed by atoms with Crippen molar-refractivity contribution in [3.63, 3.8) is 0 Å². The van der Waals surface area contributed by atoms with E-state index in [2.05, 4.69) is 30.4 Å². The summed E-state index contributed by atoms with van der Waals surface area (Å²) in [5.74, 6) is -0.186. The molecule has 1 N–H and O–H groups in total. The lowest BCUT2D eigenvalue weighted by Gasteiger charge is -2.12. The van der Waals surface area contributed by atoms with Crippen LogP contribution in [0.5, 0.6) is 0 Å². The molecule has 0 radical (unpaired) electrons. The van der Waals surface area contributed by atoms with Gasteiger partial charge in [0, 0.05) is 6.54 Å². The highest BCUT2D eigenvalue weighted by molar-refractivity contribution is 5.71. The van der Waals surface area contributed by atoms with Crippen LogP contribution in [0, 0.1) is 19.7 Å². The van der Waals surface area contributed by atoms with Crippen molar-refractivity contribution >= 4 is 0 Å². The molecule has 2 aromatic rings. The number of rotatable bonds is 3. The molecule has 0 amide bonds. The SMILES string of the molecule is CNCc1ccc(C)c(-c2cc(F)ccc2C)c1. The summed E-state index contributed by atoms with van der Waals surface area (Å²) in [6, 6.07) is 11.3. The third-order valence-electron chi connectivity index (χ3n) is 3.17. The first-order valence-electron chi connectivity index (χ1n) is 6.12. The van der Waals surface area contributed by atoms with E-state index in [-0.39, 0.29) is 5.82 Å². The molecule has 2 heteroatoms. The second-order valence-electron chi connectivity index (χ2n) is 4.64. The third-order valence-corrected chi connectivity index (χ3v) is 3.17. The number of hydrogen-bond acceptors (Lipinski definition) is 1. The second kappa shape index (κ2) is 5.32. The fraction of sp³-hybridized carbons (Fsp3) is 0.250. The van der Waals surface area contributed by atoms with Crippen molar-refractivity contribution in [3.8, 4) is 11.1 Å². The minimum absolute atomic E-state index is 0.186. The van der Waals surface area contributed by atoms with Crippen LogP contribution in [-0.2, 0) is 6.54 Å². The normalized spacial score (nSPS) is 10.7. The zero-order valence-corrected chi connectivity index (χ0v) is 11.0. The van der Waals surface area contributed by atoms with Gasteiger partial charge in [-0.15, -0.1) is 0 Å². The van der Waals surface area contributed by atoms with Gasteiger partial charge in [0.05, 0.1) is 0 Å². The molecule has 0 aliphatic heterocycles. The van der Waals surface area contributed by atoms with Crippen LogP contribution in [-0.4, -0.2) is 7.05 Å². The van der Waals surface area contributed by atoms with Crippen molar-refractivity contribution in [2.24, 2.45) is 0 Å². The molecule has 0 saturated carbocycles. The van der Waals surface area contributed by atoms with Gasteiger partial charge in [0.2, 0.25) is 0 Å². The van der Waals surface area contributed by atoms with Crippen LogP contribution in [0.2, 0.25) is 0 Å². The van der Waals surface area contributed by atoms with E-state index < -0.39 is 0 Å². The molecule has 0 aliphatic carbocycles. The summed E-state index contributed by atoms with van der Waals surface area (Å²) >= 11 is 0. The topological polar surface area (TPSA) is 12.0 Å². The van der Waals surface area contributed by atoms with Gasteiger partial charge in [-0.1, -0.05) is 18.2 Å². The van der Waals surface area contributed by atoms with Crippen molar-refractivity contribution in [3.05, 3.63) is 58.9 Å². The van der Waals surface area contributed by atoms with E-state index in [1.165, 1.54) is 17.2 Å². The molecular formula is C16H18FN. The first kappa shape index (κ1) is 12.8. The van der Waals surface area contributed by atoms with E-state index in [1.807, 2.05) is 20.0 Å². The zero-order valence-electron chi connectivity index (χ0n) is 11.0. The summed E-state index contributed by atoms with van der Waals surface area (Å²) in [4.78, 5) is 0. The predicted molar refractivity (Wildman–Crippen MR) is 74.1 cm³/mol. The summed E-state index contributed by atoms with van der Waals surface area (Å²) in [5.41, 5.74) is 5.57. The van der Waals surface area contributed by atoms with Crippen LogP contribution >= 0.6 is 0 Å². The lowest BCUT2D eigenvalue weighted by atomic mass is 9.95. The molecule has 18 heavy (non-hydrogen) atoms. The van der Waals surface area contributed by atoms with E-state index in [0.29, 0.717) is 0 Å². The Kier molecular flexibility index (Phi) is 3.78. The van der Waals surface area contributed by atoms with E-state index >= 15 is 0 Å². The van der Waals surface area contributed by atoms with Crippen molar-refractivity contribution in [2.75, 3.05) is 7.05 Å². The van der Waals surface area contributed by atoms with Crippen molar-refractivity contribution in [2.45, 2.75) is 20.4 Å². The van der Waals surface area contributed by atoms with Gasteiger partial charge >= 0.3 is 0 Å². The lowest BCUT2D eigenvalue weighted by molar-refractivity contribution is 0.628. The quantitative estimate of drug-likeness (QED) is 0.864. The van der Waals surface area contributed by atoms with Gasteiger partial charge in [0.15, 0.2) is 0 Å². The Morgan fingerprint density at radius 2 is 1.56 bits per heavy atom. The average molecular weight is 243 g/mol. The fourth-order valence-electron chi connectivity index (χ4n) is 2.16. The third kappa shape index (κ3) is 2.59. The first-order valence-corrected chi connectivity index (χ1v) is 6.12. The highest BCUT2D eigenvalue weighted by Crippen LogP contribution is 2.28. The van der Waals surface area contributed by atoms with Crippen LogP contribution < -0.4 is 5.32 Å². The van der Waals surface area contributed by atoms with Gasteiger partial charge in [0.1, 0.15) is 5.82 Å². The molecule has 0 saturated heterocycles. The first-order chi connectivity index (χ1) is 8.61. The number of benzene rings is 2. The van der Waals surface area contributed by atoms with E-state index in [4.69, 9.17) is 0 Å². The molecule has 2 aromatic carbocycles. The Balaban J connectivity index is 2.55. The molecule has 0 aliphatic rings. The molecule has 94 valence electrons. The largest absolute Gasteiger partial charge is 0.316 e. The maximum atomic E-state index is 13.4. The second-order valence-corrected chi connectivity index (χ2v) is 4.64. The number of nitrogens with one attached hydrogen (secondary N) is 1. The van der Waals surface area contributed by atoms with Crippen molar-refractivity contribution < 1.29 is 4.39 Å². The molecule has 0 bridgehead atoms. The Morgan fingerprint density at radius 1 is 0.944 bits per heavy atom. The van der Waals surface area contributed by atoms with Gasteiger partial charge < -0.3 is 5.32 Å². The van der Waals surface area contributed by atoms with Crippen molar-refractivity contribution in [1.82, 2.24) is 5.32 Å². The summed E-state index contributed by atoms with van der Waals surface area (Å²) in [6.45, 7) is 4.89. The van der Waals surface area contributed by atoms with Gasteiger partial charge in [-0.3, -0.25) is 0 Å². The fourth-order valence-corrected chi connectivity index (χ4v) is 2.16. The van der Waals surface area contributed by atoms with Crippen LogP contribution in [0.4, 0.5) is 4.39 Å². The highest BCUT2D eigenvalue weighted by Gasteiger charge is 2.07. The molecule has 2 rings (SSSR count). The Bertz CT molecular complexity index is 561. The van der Waals surface area contributed by atoms with Crippen LogP contribution in [0.15, 0.2) is 36.4 Å². The van der Waals surface area contributed by atoms with E-state index in [1.54, 1.807) is 6.07 Å². The van der Waals surface area contributed by atoms with Crippen LogP contribution in [0.1, 0.15) is 16.7 Å². The molecule has 0 spiro atoms. The molecule has 0 fully saturated rings. The highest BCUT2D eigenvalue weighted by atomic mass is 19.1. The molecule has 0 aromatic heterocycles. The van der Waals surface area contributed by atoms with E-state index in [9.17, 15) is 4.39 Å². The minimum atomic E-state index is -0.186. The Hall–Kier alpha value is -1.67. The molecular weight excluding hydrogens is 225 g/mol. The maximum Gasteiger partial charge on any atom is 0.123 e. The Labute approximate surface area is 108 Å². The number of aryl methyl sites for hydroxylation is 2. The summed E-state index contributed by atoms with van der Waals surface area (Å²) in [6.07, 6.45) is 0. The standard InChI is InChI=1S/C16H18FN/c1-11-4-6-13(10-18-3)8-15(11)16-9-14(17)7-5-12(16)2/h4-9,18H,10H2,1-3H3. The van der Waals surface area contributed by atoms with Gasteiger partial charge in [-0.2, -0.15) is 0 Å². The molecule has 0 atom stereocenters. The minimum Gasteiger partial charge on any atom is -0.316 e. The smallest absolute Gasteiger partial charge is 0.123 e. The Morgan fingerprint density at radius 3 is 2.22 bits per heavy atom. The summed E-state index contributed by atoms with van der Waals surface area (Å²) < 4.78 is 13.4. The summed E-state index contributed by atoms with van der Waals surface area (Å²) in [7, 11) is 1.92. The van der Waals surface area contributed by atoms with Crippen LogP contribution in [0.25, 0.3) is 11.1 Å². The lowest BCUT2D eigenvalue weighted by Crippen LogP contribution is -2.05. The number of halogens is 1. The van der Waals surface area contributed by atoms with E-state index in [0.717, 1.165) is 23.2 Å². The van der Waals surface area contributed by atoms with Gasteiger partial charge in [-0.05, 0) is 66.9 Å². The number of hydrogen-bond donors (Lipinski definition) is 1. The maximum absolute atomic E-state index is 13.4.